The monoisotopic (exact) mass is 291 g/mol. The predicted octanol–water partition coefficient (Wildman–Crippen LogP) is 1.83. The molecule has 116 valence electrons. The normalized spacial score (nSPS) is 17.6. The summed E-state index contributed by atoms with van der Waals surface area (Å²) in [7, 11) is 1.59. The molecule has 1 unspecified atom stereocenters. The van der Waals surface area contributed by atoms with Crippen LogP contribution in [0.3, 0.4) is 0 Å². The van der Waals surface area contributed by atoms with Gasteiger partial charge in [-0.05, 0) is 31.5 Å². The standard InChI is InChI=1S/C16H25N3O2/c1-4-12(2)18-7-9-19(10-8-18)16(20)14-11-13(21-3)5-6-15(14)17/h5-6,11-12H,4,7-10,17H2,1-3H3. The number of hydrogen-bond acceptors (Lipinski definition) is 4. The van der Waals surface area contributed by atoms with Gasteiger partial charge in [0.2, 0.25) is 0 Å². The number of nitrogen functional groups attached to an aromatic ring is 1. The molecule has 1 aromatic carbocycles. The van der Waals surface area contributed by atoms with Gasteiger partial charge < -0.3 is 15.4 Å². The topological polar surface area (TPSA) is 58.8 Å². The number of rotatable bonds is 4. The summed E-state index contributed by atoms with van der Waals surface area (Å²) in [5.74, 6) is 0.654. The molecule has 0 aromatic heterocycles. The lowest BCUT2D eigenvalue weighted by molar-refractivity contribution is 0.0580. The van der Waals surface area contributed by atoms with Crippen LogP contribution in [0.2, 0.25) is 0 Å². The Balaban J connectivity index is 2.05. The summed E-state index contributed by atoms with van der Waals surface area (Å²) in [4.78, 5) is 16.9. The quantitative estimate of drug-likeness (QED) is 0.860. The van der Waals surface area contributed by atoms with Crippen LogP contribution < -0.4 is 10.5 Å². The van der Waals surface area contributed by atoms with E-state index in [0.717, 1.165) is 32.6 Å². The number of benzene rings is 1. The second kappa shape index (κ2) is 6.80. The number of nitrogens with two attached hydrogens (primary N) is 1. The Morgan fingerprint density at radius 2 is 2.00 bits per heavy atom. The van der Waals surface area contributed by atoms with Crippen LogP contribution in [-0.2, 0) is 0 Å². The third-order valence-corrected chi connectivity index (χ3v) is 4.31. The van der Waals surface area contributed by atoms with E-state index in [4.69, 9.17) is 10.5 Å². The Labute approximate surface area is 126 Å². The summed E-state index contributed by atoms with van der Waals surface area (Å²) in [6.07, 6.45) is 1.14. The molecule has 1 atom stereocenters. The molecule has 1 aliphatic heterocycles. The van der Waals surface area contributed by atoms with Crippen LogP contribution in [0.5, 0.6) is 5.75 Å². The van der Waals surface area contributed by atoms with Gasteiger partial charge in [-0.15, -0.1) is 0 Å². The van der Waals surface area contributed by atoms with Gasteiger partial charge in [0.05, 0.1) is 12.7 Å². The van der Waals surface area contributed by atoms with Gasteiger partial charge >= 0.3 is 0 Å². The van der Waals surface area contributed by atoms with Crippen molar-refractivity contribution >= 4 is 11.6 Å². The molecule has 0 spiro atoms. The molecule has 0 saturated carbocycles. The molecule has 5 nitrogen and oxygen atoms in total. The SMILES string of the molecule is CCC(C)N1CCN(C(=O)c2cc(OC)ccc2N)CC1. The summed E-state index contributed by atoms with van der Waals surface area (Å²) in [5, 5.41) is 0. The minimum atomic E-state index is -0.00444. The van der Waals surface area contributed by atoms with E-state index in [1.165, 1.54) is 0 Å². The Morgan fingerprint density at radius 3 is 2.57 bits per heavy atom. The Morgan fingerprint density at radius 1 is 1.33 bits per heavy atom. The van der Waals surface area contributed by atoms with Crippen LogP contribution in [0, 0.1) is 0 Å². The van der Waals surface area contributed by atoms with Crippen molar-refractivity contribution in [2.75, 3.05) is 39.0 Å². The Kier molecular flexibility index (Phi) is 5.07. The summed E-state index contributed by atoms with van der Waals surface area (Å²) < 4.78 is 5.18. The highest BCUT2D eigenvalue weighted by molar-refractivity contribution is 5.99. The van der Waals surface area contributed by atoms with Crippen molar-refractivity contribution in [3.8, 4) is 5.75 Å². The van der Waals surface area contributed by atoms with Gasteiger partial charge in [-0.25, -0.2) is 0 Å². The molecule has 2 N–H and O–H groups in total. The van der Waals surface area contributed by atoms with E-state index in [-0.39, 0.29) is 5.91 Å². The average Bonchev–Trinajstić information content (AvgIpc) is 2.54. The molecule has 1 aromatic rings. The Hall–Kier alpha value is -1.75. The first-order valence-corrected chi connectivity index (χ1v) is 7.53. The lowest BCUT2D eigenvalue weighted by Crippen LogP contribution is -2.51. The van der Waals surface area contributed by atoms with E-state index in [1.807, 2.05) is 4.90 Å². The summed E-state index contributed by atoms with van der Waals surface area (Å²) in [6.45, 7) is 7.77. The fourth-order valence-electron chi connectivity index (χ4n) is 2.64. The van der Waals surface area contributed by atoms with Gasteiger partial charge in [0.25, 0.3) is 5.91 Å². The van der Waals surface area contributed by atoms with E-state index < -0.39 is 0 Å². The van der Waals surface area contributed by atoms with Crippen molar-refractivity contribution in [1.29, 1.82) is 0 Å². The van der Waals surface area contributed by atoms with Gasteiger partial charge in [-0.2, -0.15) is 0 Å². The van der Waals surface area contributed by atoms with E-state index in [0.29, 0.717) is 23.0 Å². The zero-order chi connectivity index (χ0) is 15.4. The summed E-state index contributed by atoms with van der Waals surface area (Å²) in [5.41, 5.74) is 6.97. The molecule has 1 amide bonds. The van der Waals surface area contributed by atoms with Gasteiger partial charge in [0.1, 0.15) is 5.75 Å². The molecule has 0 radical (unpaired) electrons. The number of anilines is 1. The van der Waals surface area contributed by atoms with Gasteiger partial charge in [-0.3, -0.25) is 9.69 Å². The minimum Gasteiger partial charge on any atom is -0.497 e. The van der Waals surface area contributed by atoms with Crippen molar-refractivity contribution in [2.45, 2.75) is 26.3 Å². The number of methoxy groups -OCH3 is 1. The van der Waals surface area contributed by atoms with Gasteiger partial charge in [0, 0.05) is 37.9 Å². The number of piperazine rings is 1. The number of carbonyl (C=O) groups is 1. The molecule has 1 heterocycles. The van der Waals surface area contributed by atoms with E-state index in [1.54, 1.807) is 25.3 Å². The smallest absolute Gasteiger partial charge is 0.256 e. The van der Waals surface area contributed by atoms with Crippen molar-refractivity contribution in [1.82, 2.24) is 9.80 Å². The largest absolute Gasteiger partial charge is 0.497 e. The molecule has 5 heteroatoms. The zero-order valence-corrected chi connectivity index (χ0v) is 13.1. The second-order valence-electron chi connectivity index (χ2n) is 5.54. The lowest BCUT2D eigenvalue weighted by atomic mass is 10.1. The number of carbonyl (C=O) groups excluding carboxylic acids is 1. The molecular weight excluding hydrogens is 266 g/mol. The fourth-order valence-corrected chi connectivity index (χ4v) is 2.64. The fraction of sp³-hybridized carbons (Fsp3) is 0.562. The van der Waals surface area contributed by atoms with E-state index in [9.17, 15) is 4.79 Å². The summed E-state index contributed by atoms with van der Waals surface area (Å²) >= 11 is 0. The van der Waals surface area contributed by atoms with Crippen molar-refractivity contribution in [2.24, 2.45) is 0 Å². The van der Waals surface area contributed by atoms with Crippen LogP contribution in [0.15, 0.2) is 18.2 Å². The highest BCUT2D eigenvalue weighted by Crippen LogP contribution is 2.22. The number of nitrogens with zero attached hydrogens (tertiary/aromatic N) is 2. The van der Waals surface area contributed by atoms with Gasteiger partial charge in [-0.1, -0.05) is 6.92 Å². The predicted molar refractivity (Wildman–Crippen MR) is 84.6 cm³/mol. The highest BCUT2D eigenvalue weighted by atomic mass is 16.5. The maximum Gasteiger partial charge on any atom is 0.256 e. The Bertz CT molecular complexity index is 496. The lowest BCUT2D eigenvalue weighted by Gasteiger charge is -2.38. The number of amides is 1. The summed E-state index contributed by atoms with van der Waals surface area (Å²) in [6, 6.07) is 5.79. The van der Waals surface area contributed by atoms with Gasteiger partial charge in [0.15, 0.2) is 0 Å². The molecule has 1 fully saturated rings. The molecule has 21 heavy (non-hydrogen) atoms. The highest BCUT2D eigenvalue weighted by Gasteiger charge is 2.25. The minimum absolute atomic E-state index is 0.00444. The van der Waals surface area contributed by atoms with Crippen molar-refractivity contribution in [3.63, 3.8) is 0 Å². The van der Waals surface area contributed by atoms with E-state index >= 15 is 0 Å². The molecule has 2 rings (SSSR count). The third-order valence-electron chi connectivity index (χ3n) is 4.31. The zero-order valence-electron chi connectivity index (χ0n) is 13.1. The maximum absolute atomic E-state index is 12.6. The van der Waals surface area contributed by atoms with Crippen molar-refractivity contribution in [3.05, 3.63) is 23.8 Å². The van der Waals surface area contributed by atoms with E-state index in [2.05, 4.69) is 18.7 Å². The maximum atomic E-state index is 12.6. The number of hydrogen-bond donors (Lipinski definition) is 1. The van der Waals surface area contributed by atoms with Crippen LogP contribution in [-0.4, -0.2) is 55.0 Å². The van der Waals surface area contributed by atoms with Crippen LogP contribution in [0.1, 0.15) is 30.6 Å². The first-order valence-electron chi connectivity index (χ1n) is 7.53. The van der Waals surface area contributed by atoms with Crippen LogP contribution >= 0.6 is 0 Å². The first-order chi connectivity index (χ1) is 10.1. The second-order valence-corrected chi connectivity index (χ2v) is 5.54. The van der Waals surface area contributed by atoms with Crippen LogP contribution in [0.4, 0.5) is 5.69 Å². The molecule has 0 bridgehead atoms. The van der Waals surface area contributed by atoms with Crippen molar-refractivity contribution < 1.29 is 9.53 Å². The third kappa shape index (κ3) is 3.47. The number of ether oxygens (including phenoxy) is 1. The molecular formula is C16H25N3O2. The average molecular weight is 291 g/mol. The molecule has 1 aliphatic rings. The van der Waals surface area contributed by atoms with Crippen LogP contribution in [0.25, 0.3) is 0 Å². The molecule has 1 saturated heterocycles. The molecule has 0 aliphatic carbocycles. The first kappa shape index (κ1) is 15.6.